The summed E-state index contributed by atoms with van der Waals surface area (Å²) in [6, 6.07) is 5.54. The fraction of sp³-hybridized carbons (Fsp3) is 0.542. The number of benzene rings is 1. The number of anilines is 1. The summed E-state index contributed by atoms with van der Waals surface area (Å²) in [5.74, 6) is -1.54. The van der Waals surface area contributed by atoms with Gasteiger partial charge in [0.2, 0.25) is 10.0 Å². The second kappa shape index (κ2) is 11.5. The minimum atomic E-state index is -3.94. The fourth-order valence-corrected chi connectivity index (χ4v) is 5.30. The van der Waals surface area contributed by atoms with Crippen molar-refractivity contribution >= 4 is 33.7 Å². The first-order valence-electron chi connectivity index (χ1n) is 11.7. The Morgan fingerprint density at radius 2 is 1.70 bits per heavy atom. The fourth-order valence-electron chi connectivity index (χ4n) is 3.96. The Labute approximate surface area is 216 Å². The minimum Gasteiger partial charge on any atom is -0.466 e. The van der Waals surface area contributed by atoms with Crippen molar-refractivity contribution < 1.29 is 41.7 Å². The van der Waals surface area contributed by atoms with Crippen LogP contribution in [0.4, 0.5) is 10.5 Å². The van der Waals surface area contributed by atoms with Crippen LogP contribution in [0.2, 0.25) is 0 Å². The molecular weight excluding hydrogens is 506 g/mol. The molecule has 0 radical (unpaired) electrons. The SMILES string of the molecule is COC(=O)C1=C(C(=O)OC)N(c2cccc(S(=O)(=O)NC3CCN(C(=O)OC(C)(C)C)CC3)c2)COC1. The highest BCUT2D eigenvalue weighted by Gasteiger charge is 2.33. The van der Waals surface area contributed by atoms with Crippen molar-refractivity contribution in [3.05, 3.63) is 35.5 Å². The summed E-state index contributed by atoms with van der Waals surface area (Å²) in [6.07, 6.45) is 0.428. The number of sulfonamides is 1. The average Bonchev–Trinajstić information content (AvgIpc) is 2.86. The number of hydrogen-bond acceptors (Lipinski definition) is 10. The second-order valence-corrected chi connectivity index (χ2v) is 11.3. The van der Waals surface area contributed by atoms with Gasteiger partial charge in [0, 0.05) is 24.8 Å². The molecule has 204 valence electrons. The van der Waals surface area contributed by atoms with E-state index >= 15 is 0 Å². The lowest BCUT2D eigenvalue weighted by atomic mass is 10.1. The van der Waals surface area contributed by atoms with Gasteiger partial charge in [0.1, 0.15) is 18.0 Å². The van der Waals surface area contributed by atoms with E-state index < -0.39 is 33.7 Å². The number of methoxy groups -OCH3 is 2. The van der Waals surface area contributed by atoms with Gasteiger partial charge in [-0.05, 0) is 51.8 Å². The molecule has 0 aromatic heterocycles. The molecule has 2 aliphatic rings. The number of esters is 2. The summed E-state index contributed by atoms with van der Waals surface area (Å²) in [7, 11) is -1.58. The van der Waals surface area contributed by atoms with Gasteiger partial charge in [-0.2, -0.15) is 0 Å². The van der Waals surface area contributed by atoms with Gasteiger partial charge in [-0.25, -0.2) is 27.5 Å². The lowest BCUT2D eigenvalue weighted by molar-refractivity contribution is -0.140. The maximum Gasteiger partial charge on any atom is 0.410 e. The van der Waals surface area contributed by atoms with E-state index in [2.05, 4.69) is 4.72 Å². The highest BCUT2D eigenvalue weighted by atomic mass is 32.2. The van der Waals surface area contributed by atoms with Crippen LogP contribution in [0.1, 0.15) is 33.6 Å². The van der Waals surface area contributed by atoms with Crippen LogP contribution in [-0.2, 0) is 38.6 Å². The Hall–Kier alpha value is -3.16. The number of amides is 1. The normalized spacial score (nSPS) is 17.4. The maximum atomic E-state index is 13.2. The van der Waals surface area contributed by atoms with Gasteiger partial charge in [-0.15, -0.1) is 0 Å². The molecule has 0 unspecified atom stereocenters. The Kier molecular flexibility index (Phi) is 8.82. The van der Waals surface area contributed by atoms with E-state index in [4.69, 9.17) is 18.9 Å². The van der Waals surface area contributed by atoms with Crippen LogP contribution >= 0.6 is 0 Å². The third-order valence-corrected chi connectivity index (χ3v) is 7.26. The van der Waals surface area contributed by atoms with Crippen molar-refractivity contribution in [2.24, 2.45) is 0 Å². The lowest BCUT2D eigenvalue weighted by Gasteiger charge is -2.33. The number of rotatable bonds is 6. The van der Waals surface area contributed by atoms with E-state index in [1.165, 1.54) is 37.3 Å². The number of carbonyl (C=O) groups excluding carboxylic acids is 3. The van der Waals surface area contributed by atoms with Gasteiger partial charge in [-0.1, -0.05) is 6.07 Å². The standard InChI is InChI=1S/C24H33N3O9S/c1-24(2,3)36-23(30)26-11-9-16(10-12-26)25-37(31,32)18-8-6-7-17(13-18)27-15-35-14-19(21(28)33-4)20(27)22(29)34-5/h6-8,13,16,25H,9-12,14-15H2,1-5H3. The van der Waals surface area contributed by atoms with E-state index in [-0.39, 0.29) is 35.5 Å². The van der Waals surface area contributed by atoms with Crippen molar-refractivity contribution in [1.82, 2.24) is 9.62 Å². The average molecular weight is 540 g/mol. The van der Waals surface area contributed by atoms with Gasteiger partial charge >= 0.3 is 18.0 Å². The Morgan fingerprint density at radius 1 is 1.05 bits per heavy atom. The van der Waals surface area contributed by atoms with E-state index in [0.717, 1.165) is 0 Å². The molecule has 0 saturated carbocycles. The highest BCUT2D eigenvalue weighted by Crippen LogP contribution is 2.29. The van der Waals surface area contributed by atoms with Crippen molar-refractivity contribution in [3.8, 4) is 0 Å². The molecule has 0 spiro atoms. The van der Waals surface area contributed by atoms with Crippen molar-refractivity contribution in [1.29, 1.82) is 0 Å². The first-order valence-corrected chi connectivity index (χ1v) is 13.2. The molecule has 1 N–H and O–H groups in total. The number of hydrogen-bond donors (Lipinski definition) is 1. The molecule has 1 saturated heterocycles. The predicted octanol–water partition coefficient (Wildman–Crippen LogP) is 1.76. The lowest BCUT2D eigenvalue weighted by Crippen LogP contribution is -2.47. The summed E-state index contributed by atoms with van der Waals surface area (Å²) in [5.41, 5.74) is -0.425. The third-order valence-electron chi connectivity index (χ3n) is 5.74. The molecule has 3 rings (SSSR count). The van der Waals surface area contributed by atoms with E-state index in [1.807, 2.05) is 0 Å². The summed E-state index contributed by atoms with van der Waals surface area (Å²) in [6.45, 7) is 5.82. The summed E-state index contributed by atoms with van der Waals surface area (Å²) in [4.78, 5) is 39.9. The van der Waals surface area contributed by atoms with Crippen molar-refractivity contribution in [3.63, 3.8) is 0 Å². The number of nitrogens with one attached hydrogen (secondary N) is 1. The first kappa shape index (κ1) is 28.4. The molecule has 0 atom stereocenters. The molecule has 13 heteroatoms. The zero-order chi connectivity index (χ0) is 27.4. The van der Waals surface area contributed by atoms with E-state index in [9.17, 15) is 22.8 Å². The van der Waals surface area contributed by atoms with Gasteiger partial charge in [0.25, 0.3) is 0 Å². The molecule has 1 aromatic rings. The largest absolute Gasteiger partial charge is 0.466 e. The zero-order valence-corrected chi connectivity index (χ0v) is 22.4. The second-order valence-electron chi connectivity index (χ2n) is 9.58. The number of likely N-dealkylation sites (tertiary alicyclic amines) is 1. The van der Waals surface area contributed by atoms with Crippen LogP contribution in [0.5, 0.6) is 0 Å². The number of carbonyl (C=O) groups is 3. The van der Waals surface area contributed by atoms with Crippen LogP contribution in [0.25, 0.3) is 0 Å². The van der Waals surface area contributed by atoms with Crippen LogP contribution in [0.15, 0.2) is 40.4 Å². The number of nitrogens with zero attached hydrogens (tertiary/aromatic N) is 2. The van der Waals surface area contributed by atoms with Gasteiger partial charge in [0.05, 0.1) is 31.3 Å². The topological polar surface area (TPSA) is 141 Å². The zero-order valence-electron chi connectivity index (χ0n) is 21.6. The Balaban J connectivity index is 1.77. The summed E-state index contributed by atoms with van der Waals surface area (Å²) < 4.78 is 49.5. The molecule has 0 aliphatic carbocycles. The highest BCUT2D eigenvalue weighted by molar-refractivity contribution is 7.89. The first-order chi connectivity index (χ1) is 17.4. The Bertz CT molecular complexity index is 1170. The van der Waals surface area contributed by atoms with Crippen LogP contribution in [-0.4, -0.2) is 83.6 Å². The molecule has 37 heavy (non-hydrogen) atoms. The van der Waals surface area contributed by atoms with Gasteiger partial charge in [0.15, 0.2) is 0 Å². The molecule has 1 fully saturated rings. The molecule has 1 aromatic carbocycles. The quantitative estimate of drug-likeness (QED) is 0.420. The number of ether oxygens (including phenoxy) is 4. The van der Waals surface area contributed by atoms with Crippen LogP contribution in [0.3, 0.4) is 0 Å². The molecular formula is C24H33N3O9S. The van der Waals surface area contributed by atoms with Crippen molar-refractivity contribution in [2.45, 2.75) is 50.2 Å². The molecule has 2 aliphatic heterocycles. The molecule has 0 bridgehead atoms. The number of piperidine rings is 1. The molecule has 2 heterocycles. The van der Waals surface area contributed by atoms with Gasteiger partial charge in [-0.3, -0.25) is 0 Å². The summed E-state index contributed by atoms with van der Waals surface area (Å²) in [5, 5.41) is 0. The van der Waals surface area contributed by atoms with Crippen LogP contribution < -0.4 is 9.62 Å². The van der Waals surface area contributed by atoms with E-state index in [1.54, 1.807) is 31.7 Å². The van der Waals surface area contributed by atoms with Gasteiger partial charge < -0.3 is 28.7 Å². The van der Waals surface area contributed by atoms with Crippen molar-refractivity contribution in [2.75, 3.05) is 45.5 Å². The predicted molar refractivity (Wildman–Crippen MR) is 132 cm³/mol. The molecule has 12 nitrogen and oxygen atoms in total. The smallest absolute Gasteiger partial charge is 0.410 e. The monoisotopic (exact) mass is 539 g/mol. The molecule has 1 amide bonds. The van der Waals surface area contributed by atoms with Crippen LogP contribution in [0, 0.1) is 0 Å². The minimum absolute atomic E-state index is 0.0334. The maximum absolute atomic E-state index is 13.2. The Morgan fingerprint density at radius 3 is 2.30 bits per heavy atom. The summed E-state index contributed by atoms with van der Waals surface area (Å²) >= 11 is 0. The third kappa shape index (κ3) is 6.99. The van der Waals surface area contributed by atoms with E-state index in [0.29, 0.717) is 31.6 Å².